The number of aryl methyl sites for hydroxylation is 1. The second-order valence-electron chi connectivity index (χ2n) is 7.74. The Bertz CT molecular complexity index is 1250. The largest absolute Gasteiger partial charge is 0.481 e. The van der Waals surface area contributed by atoms with Crippen LogP contribution in [0.1, 0.15) is 38.8 Å². The number of aromatic nitrogens is 2. The highest BCUT2D eigenvalue weighted by Gasteiger charge is 2.22. The van der Waals surface area contributed by atoms with E-state index in [1.165, 1.54) is 11.3 Å². The number of H-pyrrole nitrogens is 1. The molecular weight excluding hydrogens is 448 g/mol. The van der Waals surface area contributed by atoms with Gasteiger partial charge in [0, 0.05) is 24.4 Å². The van der Waals surface area contributed by atoms with E-state index in [-0.39, 0.29) is 18.4 Å². The average Bonchev–Trinajstić information content (AvgIpc) is 3.19. The summed E-state index contributed by atoms with van der Waals surface area (Å²) in [4.78, 5) is 56.9. The first-order valence-electron chi connectivity index (χ1n) is 10.1. The van der Waals surface area contributed by atoms with Gasteiger partial charge in [0.2, 0.25) is 0 Å². The molecule has 1 aromatic carbocycles. The Labute approximate surface area is 192 Å². The minimum absolute atomic E-state index is 0.182. The van der Waals surface area contributed by atoms with E-state index in [9.17, 15) is 24.3 Å². The van der Waals surface area contributed by atoms with E-state index < -0.39 is 23.9 Å². The number of nitrogens with one attached hydrogen (secondary N) is 2. The minimum Gasteiger partial charge on any atom is -0.481 e. The molecule has 0 aliphatic heterocycles. The van der Waals surface area contributed by atoms with E-state index in [1.807, 2.05) is 30.1 Å². The molecule has 2 heterocycles. The summed E-state index contributed by atoms with van der Waals surface area (Å²) in [5.41, 5.74) is 1.40. The normalized spacial score (nSPS) is 12.1. The Morgan fingerprint density at radius 1 is 1.18 bits per heavy atom. The molecule has 4 N–H and O–H groups in total. The fraction of sp³-hybridized carbons (Fsp3) is 0.318. The van der Waals surface area contributed by atoms with E-state index in [0.29, 0.717) is 34.7 Å². The lowest BCUT2D eigenvalue weighted by molar-refractivity contribution is -0.140. The van der Waals surface area contributed by atoms with Crippen LogP contribution in [0.3, 0.4) is 0 Å². The Balaban J connectivity index is 1.62. The maximum Gasteiger partial charge on any atom is 0.326 e. The minimum atomic E-state index is -1.28. The SMILES string of the molecule is Cc1nc2ccc(CN(C)Cc3ccc(C(=O)NC(CCC(=O)O)C(=O)O)s3)cc2c(=O)[nH]1. The van der Waals surface area contributed by atoms with Crippen molar-refractivity contribution < 1.29 is 24.6 Å². The molecule has 0 bridgehead atoms. The van der Waals surface area contributed by atoms with Crippen LogP contribution in [0.2, 0.25) is 0 Å². The van der Waals surface area contributed by atoms with E-state index >= 15 is 0 Å². The van der Waals surface area contributed by atoms with Crippen LogP contribution >= 0.6 is 11.3 Å². The first-order chi connectivity index (χ1) is 15.6. The van der Waals surface area contributed by atoms with Crippen molar-refractivity contribution in [1.82, 2.24) is 20.2 Å². The summed E-state index contributed by atoms with van der Waals surface area (Å²) in [6.45, 7) is 2.84. The number of amides is 1. The fourth-order valence-electron chi connectivity index (χ4n) is 3.37. The van der Waals surface area contributed by atoms with Gasteiger partial charge in [-0.25, -0.2) is 9.78 Å². The molecule has 1 atom stereocenters. The highest BCUT2D eigenvalue weighted by molar-refractivity contribution is 7.14. The van der Waals surface area contributed by atoms with E-state index in [4.69, 9.17) is 5.11 Å². The summed E-state index contributed by atoms with van der Waals surface area (Å²) < 4.78 is 0. The fourth-order valence-corrected chi connectivity index (χ4v) is 4.37. The van der Waals surface area contributed by atoms with Gasteiger partial charge in [-0.1, -0.05) is 6.07 Å². The standard InChI is InChI=1S/C22H24N4O6S/c1-12-23-16-5-3-13(9-15(16)20(29)24-12)10-26(2)11-14-4-7-18(33-14)21(30)25-17(22(31)32)6-8-19(27)28/h3-5,7,9,17H,6,8,10-11H2,1-2H3,(H,25,30)(H,27,28)(H,31,32)(H,23,24,29). The second-order valence-corrected chi connectivity index (χ2v) is 8.91. The zero-order chi connectivity index (χ0) is 24.1. The van der Waals surface area contributed by atoms with Crippen LogP contribution < -0.4 is 10.9 Å². The molecule has 0 fully saturated rings. The number of rotatable bonds is 10. The van der Waals surface area contributed by atoms with Gasteiger partial charge in [0.05, 0.1) is 15.8 Å². The Morgan fingerprint density at radius 2 is 1.94 bits per heavy atom. The topological polar surface area (TPSA) is 153 Å². The van der Waals surface area contributed by atoms with Crippen molar-refractivity contribution in [2.24, 2.45) is 0 Å². The first-order valence-corrected chi connectivity index (χ1v) is 11.0. The first kappa shape index (κ1) is 24.1. The second kappa shape index (κ2) is 10.4. The van der Waals surface area contributed by atoms with Gasteiger partial charge in [0.1, 0.15) is 11.9 Å². The van der Waals surface area contributed by atoms with Crippen molar-refractivity contribution in [1.29, 1.82) is 0 Å². The van der Waals surface area contributed by atoms with Gasteiger partial charge >= 0.3 is 11.9 Å². The molecule has 10 nitrogen and oxygen atoms in total. The van der Waals surface area contributed by atoms with Gasteiger partial charge < -0.3 is 20.5 Å². The molecule has 1 unspecified atom stereocenters. The molecule has 1 amide bonds. The quantitative estimate of drug-likeness (QED) is 0.349. The van der Waals surface area contributed by atoms with Crippen molar-refractivity contribution in [3.63, 3.8) is 0 Å². The zero-order valence-corrected chi connectivity index (χ0v) is 18.9. The van der Waals surface area contributed by atoms with Crippen molar-refractivity contribution in [3.05, 3.63) is 61.8 Å². The van der Waals surface area contributed by atoms with Gasteiger partial charge in [0.25, 0.3) is 11.5 Å². The Hall–Kier alpha value is -3.57. The smallest absolute Gasteiger partial charge is 0.326 e. The molecule has 3 aromatic rings. The number of benzene rings is 1. The number of carbonyl (C=O) groups is 3. The van der Waals surface area contributed by atoms with E-state index in [0.717, 1.165) is 10.4 Å². The third kappa shape index (κ3) is 6.46. The van der Waals surface area contributed by atoms with Crippen LogP contribution in [-0.2, 0) is 22.7 Å². The summed E-state index contributed by atoms with van der Waals surface area (Å²) in [5, 5.41) is 20.8. The molecule has 0 aliphatic carbocycles. The maximum absolute atomic E-state index is 12.4. The monoisotopic (exact) mass is 472 g/mol. The number of carboxylic acid groups (broad SMARTS) is 2. The van der Waals surface area contributed by atoms with Crippen LogP contribution in [-0.4, -0.2) is 56.0 Å². The van der Waals surface area contributed by atoms with Crippen LogP contribution in [0.25, 0.3) is 10.9 Å². The lowest BCUT2D eigenvalue weighted by Gasteiger charge is -2.16. The lowest BCUT2D eigenvalue weighted by atomic mass is 10.1. The number of hydrogen-bond donors (Lipinski definition) is 4. The predicted octanol–water partition coefficient (Wildman–Crippen LogP) is 1.97. The number of aliphatic carboxylic acids is 2. The maximum atomic E-state index is 12.4. The Kier molecular flexibility index (Phi) is 7.56. The number of fused-ring (bicyclic) bond motifs is 1. The van der Waals surface area contributed by atoms with E-state index in [2.05, 4.69) is 15.3 Å². The number of aromatic amines is 1. The van der Waals surface area contributed by atoms with Crippen LogP contribution in [0.15, 0.2) is 35.1 Å². The van der Waals surface area contributed by atoms with Gasteiger partial charge in [-0.05, 0) is 50.2 Å². The molecule has 0 saturated heterocycles. The summed E-state index contributed by atoms with van der Waals surface area (Å²) in [7, 11) is 1.91. The molecule has 0 saturated carbocycles. The van der Waals surface area contributed by atoms with Crippen molar-refractivity contribution >= 4 is 40.1 Å². The molecule has 0 radical (unpaired) electrons. The van der Waals surface area contributed by atoms with Crippen LogP contribution in [0, 0.1) is 6.92 Å². The van der Waals surface area contributed by atoms with Gasteiger partial charge in [-0.2, -0.15) is 0 Å². The lowest BCUT2D eigenvalue weighted by Crippen LogP contribution is -2.40. The van der Waals surface area contributed by atoms with Crippen molar-refractivity contribution in [2.45, 2.75) is 38.9 Å². The molecule has 3 rings (SSSR count). The number of nitrogens with zero attached hydrogens (tertiary/aromatic N) is 2. The average molecular weight is 473 g/mol. The molecular formula is C22H24N4O6S. The number of hydrogen-bond acceptors (Lipinski definition) is 7. The van der Waals surface area contributed by atoms with Gasteiger partial charge in [0.15, 0.2) is 0 Å². The van der Waals surface area contributed by atoms with Crippen molar-refractivity contribution in [2.75, 3.05) is 7.05 Å². The molecule has 11 heteroatoms. The predicted molar refractivity (Wildman–Crippen MR) is 122 cm³/mol. The molecule has 174 valence electrons. The summed E-state index contributed by atoms with van der Waals surface area (Å²) in [5.74, 6) is -2.39. The number of thiophene rings is 1. The number of carboxylic acids is 2. The number of carbonyl (C=O) groups excluding carboxylic acids is 1. The van der Waals surface area contributed by atoms with E-state index in [1.54, 1.807) is 19.1 Å². The highest BCUT2D eigenvalue weighted by Crippen LogP contribution is 2.20. The van der Waals surface area contributed by atoms with Crippen molar-refractivity contribution in [3.8, 4) is 0 Å². The zero-order valence-electron chi connectivity index (χ0n) is 18.1. The Morgan fingerprint density at radius 3 is 2.64 bits per heavy atom. The van der Waals surface area contributed by atoms with Gasteiger partial charge in [-0.3, -0.25) is 19.3 Å². The third-order valence-corrected chi connectivity index (χ3v) is 5.97. The molecule has 0 aliphatic rings. The van der Waals surface area contributed by atoms with Gasteiger partial charge in [-0.15, -0.1) is 11.3 Å². The van der Waals surface area contributed by atoms with Crippen LogP contribution in [0.5, 0.6) is 0 Å². The third-order valence-electron chi connectivity index (χ3n) is 4.90. The molecule has 33 heavy (non-hydrogen) atoms. The molecule has 2 aromatic heterocycles. The summed E-state index contributed by atoms with van der Waals surface area (Å²) in [6.07, 6.45) is -0.547. The summed E-state index contributed by atoms with van der Waals surface area (Å²) in [6, 6.07) is 7.69. The molecule has 0 spiro atoms. The van der Waals surface area contributed by atoms with Crippen LogP contribution in [0.4, 0.5) is 0 Å². The highest BCUT2D eigenvalue weighted by atomic mass is 32.1. The summed E-state index contributed by atoms with van der Waals surface area (Å²) >= 11 is 1.24.